The summed E-state index contributed by atoms with van der Waals surface area (Å²) in [5, 5.41) is 6.02. The number of amides is 2. The van der Waals surface area contributed by atoms with Gasteiger partial charge < -0.3 is 10.6 Å². The minimum absolute atomic E-state index is 0.0326. The zero-order chi connectivity index (χ0) is 18.6. The van der Waals surface area contributed by atoms with Gasteiger partial charge in [0.05, 0.1) is 5.54 Å². The van der Waals surface area contributed by atoms with E-state index in [0.717, 1.165) is 34.9 Å². The normalized spacial score (nSPS) is 15.0. The van der Waals surface area contributed by atoms with E-state index in [1.165, 1.54) is 0 Å². The molecule has 0 radical (unpaired) electrons. The molecule has 4 nitrogen and oxygen atoms in total. The second kappa shape index (κ2) is 8.04. The number of aryl methyl sites for hydroxylation is 1. The van der Waals surface area contributed by atoms with Crippen molar-refractivity contribution in [2.45, 2.75) is 38.1 Å². The van der Waals surface area contributed by atoms with Crippen molar-refractivity contribution < 1.29 is 9.59 Å². The molecule has 0 bridgehead atoms. The Kier molecular flexibility index (Phi) is 5.77. The van der Waals surface area contributed by atoms with E-state index in [4.69, 9.17) is 0 Å². The van der Waals surface area contributed by atoms with Crippen LogP contribution < -0.4 is 10.6 Å². The second-order valence-corrected chi connectivity index (χ2v) is 7.73. The Morgan fingerprint density at radius 2 is 1.88 bits per heavy atom. The van der Waals surface area contributed by atoms with Crippen LogP contribution in [0.3, 0.4) is 0 Å². The third kappa shape index (κ3) is 4.15. The molecule has 1 aliphatic rings. The van der Waals surface area contributed by atoms with Crippen LogP contribution >= 0.6 is 15.9 Å². The van der Waals surface area contributed by atoms with Crippen LogP contribution in [-0.4, -0.2) is 18.4 Å². The van der Waals surface area contributed by atoms with Gasteiger partial charge in [-0.15, -0.1) is 0 Å². The summed E-state index contributed by atoms with van der Waals surface area (Å²) in [5.41, 5.74) is 2.45. The number of hydrogen-bond acceptors (Lipinski definition) is 2. The van der Waals surface area contributed by atoms with Crippen molar-refractivity contribution in [3.8, 4) is 0 Å². The average Bonchev–Trinajstić information content (AvgIpc) is 2.58. The van der Waals surface area contributed by atoms with Crippen molar-refractivity contribution in [2.24, 2.45) is 0 Å². The van der Waals surface area contributed by atoms with Crippen LogP contribution in [0, 0.1) is 6.92 Å². The van der Waals surface area contributed by atoms with E-state index in [1.807, 2.05) is 37.3 Å². The predicted octanol–water partition coefficient (Wildman–Crippen LogP) is 4.07. The molecule has 0 heterocycles. The summed E-state index contributed by atoms with van der Waals surface area (Å²) < 4.78 is 1.01. The third-order valence-electron chi connectivity index (χ3n) is 4.99. The molecule has 1 saturated carbocycles. The molecule has 136 valence electrons. The van der Waals surface area contributed by atoms with Crippen molar-refractivity contribution in [3.05, 3.63) is 69.7 Å². The summed E-state index contributed by atoms with van der Waals surface area (Å²) in [6.07, 6.45) is 3.28. The zero-order valence-electron chi connectivity index (χ0n) is 14.8. The van der Waals surface area contributed by atoms with Gasteiger partial charge in [0.25, 0.3) is 5.91 Å². The highest BCUT2D eigenvalue weighted by molar-refractivity contribution is 9.10. The van der Waals surface area contributed by atoms with E-state index in [9.17, 15) is 9.59 Å². The Morgan fingerprint density at radius 3 is 2.54 bits per heavy atom. The second-order valence-electron chi connectivity index (χ2n) is 6.82. The van der Waals surface area contributed by atoms with Crippen LogP contribution in [0.1, 0.15) is 47.2 Å². The first kappa shape index (κ1) is 18.6. The van der Waals surface area contributed by atoms with E-state index < -0.39 is 0 Å². The number of benzene rings is 2. The lowest BCUT2D eigenvalue weighted by atomic mass is 9.71. The van der Waals surface area contributed by atoms with Gasteiger partial charge in [0, 0.05) is 23.0 Å². The number of rotatable bonds is 6. The van der Waals surface area contributed by atoms with Gasteiger partial charge in [0.15, 0.2) is 0 Å². The fourth-order valence-electron chi connectivity index (χ4n) is 3.34. The van der Waals surface area contributed by atoms with Gasteiger partial charge >= 0.3 is 0 Å². The van der Waals surface area contributed by atoms with E-state index in [0.29, 0.717) is 12.1 Å². The SMILES string of the molecule is Cc1ccccc1C(=O)NCCC(=O)NC1(c2cccc(Br)c2)CCC1. The van der Waals surface area contributed by atoms with E-state index >= 15 is 0 Å². The smallest absolute Gasteiger partial charge is 0.251 e. The molecule has 2 amide bonds. The maximum Gasteiger partial charge on any atom is 0.251 e. The van der Waals surface area contributed by atoms with Crippen molar-refractivity contribution >= 4 is 27.7 Å². The number of carbonyl (C=O) groups is 2. The number of nitrogens with one attached hydrogen (secondary N) is 2. The lowest BCUT2D eigenvalue weighted by molar-refractivity contribution is -0.124. The highest BCUT2D eigenvalue weighted by Crippen LogP contribution is 2.41. The molecule has 1 aliphatic carbocycles. The Morgan fingerprint density at radius 1 is 1.12 bits per heavy atom. The Balaban J connectivity index is 1.54. The zero-order valence-corrected chi connectivity index (χ0v) is 16.4. The van der Waals surface area contributed by atoms with E-state index in [-0.39, 0.29) is 23.8 Å². The first-order valence-electron chi connectivity index (χ1n) is 8.91. The van der Waals surface area contributed by atoms with Gasteiger partial charge in [-0.1, -0.05) is 46.3 Å². The topological polar surface area (TPSA) is 58.2 Å². The largest absolute Gasteiger partial charge is 0.352 e. The molecule has 0 aromatic heterocycles. The summed E-state index contributed by atoms with van der Waals surface area (Å²) in [4.78, 5) is 24.6. The summed E-state index contributed by atoms with van der Waals surface area (Å²) >= 11 is 3.50. The molecule has 0 unspecified atom stereocenters. The van der Waals surface area contributed by atoms with Crippen LogP contribution in [0.15, 0.2) is 53.0 Å². The number of hydrogen-bond donors (Lipinski definition) is 2. The molecule has 2 aromatic rings. The lowest BCUT2D eigenvalue weighted by Gasteiger charge is -2.43. The van der Waals surface area contributed by atoms with Crippen molar-refractivity contribution in [1.29, 1.82) is 0 Å². The Hall–Kier alpha value is -2.14. The molecule has 3 rings (SSSR count). The maximum atomic E-state index is 12.4. The van der Waals surface area contributed by atoms with Crippen LogP contribution in [0.25, 0.3) is 0 Å². The molecule has 2 N–H and O–H groups in total. The van der Waals surface area contributed by atoms with Crippen molar-refractivity contribution in [1.82, 2.24) is 10.6 Å². The molecule has 0 aliphatic heterocycles. The highest BCUT2D eigenvalue weighted by atomic mass is 79.9. The first-order valence-corrected chi connectivity index (χ1v) is 9.70. The molecule has 2 aromatic carbocycles. The molecule has 1 fully saturated rings. The lowest BCUT2D eigenvalue weighted by Crippen LogP contribution is -2.51. The van der Waals surface area contributed by atoms with Gasteiger partial charge in [-0.05, 0) is 55.5 Å². The van der Waals surface area contributed by atoms with Gasteiger partial charge in [0.2, 0.25) is 5.91 Å². The van der Waals surface area contributed by atoms with Crippen molar-refractivity contribution in [3.63, 3.8) is 0 Å². The maximum absolute atomic E-state index is 12.4. The van der Waals surface area contributed by atoms with Gasteiger partial charge in [-0.25, -0.2) is 0 Å². The van der Waals surface area contributed by atoms with E-state index in [1.54, 1.807) is 6.07 Å². The van der Waals surface area contributed by atoms with Gasteiger partial charge in [-0.2, -0.15) is 0 Å². The minimum Gasteiger partial charge on any atom is -0.352 e. The minimum atomic E-state index is -0.263. The van der Waals surface area contributed by atoms with Gasteiger partial charge in [0.1, 0.15) is 0 Å². The molecule has 5 heteroatoms. The van der Waals surface area contributed by atoms with Gasteiger partial charge in [-0.3, -0.25) is 9.59 Å². The fraction of sp³-hybridized carbons (Fsp3) is 0.333. The Bertz CT molecular complexity index is 815. The van der Waals surface area contributed by atoms with Crippen LogP contribution in [0.2, 0.25) is 0 Å². The van der Waals surface area contributed by atoms with Crippen LogP contribution in [0.5, 0.6) is 0 Å². The standard InChI is InChI=1S/C21H23BrN2O2/c1-15-6-2-3-9-18(15)20(26)23-13-10-19(25)24-21(11-5-12-21)16-7-4-8-17(22)14-16/h2-4,6-9,14H,5,10-13H2,1H3,(H,23,26)(H,24,25). The molecule has 0 spiro atoms. The average molecular weight is 415 g/mol. The first-order chi connectivity index (χ1) is 12.5. The van der Waals surface area contributed by atoms with Crippen molar-refractivity contribution in [2.75, 3.05) is 6.54 Å². The molecular weight excluding hydrogens is 392 g/mol. The number of carbonyl (C=O) groups excluding carboxylic acids is 2. The summed E-state index contributed by atoms with van der Waals surface area (Å²) in [6.45, 7) is 2.23. The molecule has 26 heavy (non-hydrogen) atoms. The van der Waals surface area contributed by atoms with Crippen LogP contribution in [-0.2, 0) is 10.3 Å². The molecular formula is C21H23BrN2O2. The highest BCUT2D eigenvalue weighted by Gasteiger charge is 2.39. The quantitative estimate of drug-likeness (QED) is 0.747. The predicted molar refractivity (Wildman–Crippen MR) is 106 cm³/mol. The number of halogens is 1. The summed E-state index contributed by atoms with van der Waals surface area (Å²) in [7, 11) is 0. The summed E-state index contributed by atoms with van der Waals surface area (Å²) in [5.74, 6) is -0.170. The fourth-order valence-corrected chi connectivity index (χ4v) is 3.74. The molecule has 0 saturated heterocycles. The van der Waals surface area contributed by atoms with E-state index in [2.05, 4.69) is 38.7 Å². The monoisotopic (exact) mass is 414 g/mol. The summed E-state index contributed by atoms with van der Waals surface area (Å²) in [6, 6.07) is 15.5. The Labute approximate surface area is 162 Å². The third-order valence-corrected chi connectivity index (χ3v) is 5.48. The van der Waals surface area contributed by atoms with Crippen LogP contribution in [0.4, 0.5) is 0 Å². The molecule has 0 atom stereocenters.